The third kappa shape index (κ3) is 3.36. The number of aromatic nitrogens is 1. The Bertz CT molecular complexity index is 653. The van der Waals surface area contributed by atoms with Crippen LogP contribution in [0, 0.1) is 12.8 Å². The molecule has 1 aromatic carbocycles. The fraction of sp³-hybridized carbons (Fsp3) is 0.353. The normalized spacial score (nSPS) is 14.2. The van der Waals surface area contributed by atoms with Crippen LogP contribution >= 0.6 is 11.6 Å². The van der Waals surface area contributed by atoms with Crippen LogP contribution in [0.25, 0.3) is 11.1 Å². The molecule has 0 atom stereocenters. The van der Waals surface area contributed by atoms with E-state index in [-0.39, 0.29) is 6.61 Å². The fourth-order valence-electron chi connectivity index (χ4n) is 2.36. The lowest BCUT2D eigenvalue weighted by atomic mass is 10.0. The summed E-state index contributed by atoms with van der Waals surface area (Å²) in [6, 6.07) is 7.94. The number of rotatable bonds is 5. The van der Waals surface area contributed by atoms with Crippen LogP contribution in [0.1, 0.15) is 24.1 Å². The van der Waals surface area contributed by atoms with Gasteiger partial charge in [-0.15, -0.1) is 0 Å². The molecule has 0 amide bonds. The third-order valence-electron chi connectivity index (χ3n) is 3.82. The number of aliphatic hydroxyl groups is 1. The van der Waals surface area contributed by atoms with Gasteiger partial charge in [-0.25, -0.2) is 0 Å². The van der Waals surface area contributed by atoms with Crippen molar-refractivity contribution in [1.29, 1.82) is 0 Å². The van der Waals surface area contributed by atoms with Crippen molar-refractivity contribution in [2.24, 2.45) is 5.92 Å². The van der Waals surface area contributed by atoms with Gasteiger partial charge in [0, 0.05) is 22.7 Å². The summed E-state index contributed by atoms with van der Waals surface area (Å²) in [5, 5.41) is 13.5. The number of halogens is 1. The van der Waals surface area contributed by atoms with E-state index >= 15 is 0 Å². The molecule has 2 N–H and O–H groups in total. The maximum Gasteiger partial charge on any atom is 0.0853 e. The Balaban J connectivity index is 1.99. The van der Waals surface area contributed by atoms with Gasteiger partial charge in [0.15, 0.2) is 0 Å². The Morgan fingerprint density at radius 1 is 1.29 bits per heavy atom. The zero-order valence-corrected chi connectivity index (χ0v) is 12.8. The minimum absolute atomic E-state index is 0.0701. The zero-order chi connectivity index (χ0) is 14.8. The average Bonchev–Trinajstić information content (AvgIpc) is 3.29. The monoisotopic (exact) mass is 302 g/mol. The Morgan fingerprint density at radius 3 is 2.76 bits per heavy atom. The van der Waals surface area contributed by atoms with Crippen LogP contribution in [0.15, 0.2) is 30.5 Å². The number of benzene rings is 1. The van der Waals surface area contributed by atoms with Crippen molar-refractivity contribution in [3.8, 4) is 11.1 Å². The summed E-state index contributed by atoms with van der Waals surface area (Å²) in [5.74, 6) is 0.781. The smallest absolute Gasteiger partial charge is 0.0853 e. The van der Waals surface area contributed by atoms with Crippen LogP contribution in [0.5, 0.6) is 0 Å². The molecule has 1 aromatic heterocycles. The van der Waals surface area contributed by atoms with Crippen LogP contribution in [0.4, 0.5) is 5.69 Å². The van der Waals surface area contributed by atoms with Gasteiger partial charge in [0.25, 0.3) is 0 Å². The summed E-state index contributed by atoms with van der Waals surface area (Å²) in [5.41, 5.74) is 4.73. The van der Waals surface area contributed by atoms with E-state index in [4.69, 9.17) is 11.6 Å². The number of nitrogens with zero attached hydrogens (tertiary/aromatic N) is 1. The first-order chi connectivity index (χ1) is 10.2. The van der Waals surface area contributed by atoms with Gasteiger partial charge in [-0.05, 0) is 43.4 Å². The molecule has 21 heavy (non-hydrogen) atoms. The first-order valence-corrected chi connectivity index (χ1v) is 7.65. The van der Waals surface area contributed by atoms with Gasteiger partial charge >= 0.3 is 0 Å². The summed E-state index contributed by atoms with van der Waals surface area (Å²) in [4.78, 5) is 4.27. The standard InChI is InChI=1S/C17H19ClN2O/c1-11-2-5-14(16(18)6-11)15-7-13(10-21)19-9-17(15)20-8-12-3-4-12/h2,5-7,9,12,20-21H,3-4,8,10H2,1H3. The summed E-state index contributed by atoms with van der Waals surface area (Å²) in [6.45, 7) is 2.92. The number of anilines is 1. The number of pyridine rings is 1. The zero-order valence-electron chi connectivity index (χ0n) is 12.1. The van der Waals surface area contributed by atoms with Crippen molar-refractivity contribution < 1.29 is 5.11 Å². The summed E-state index contributed by atoms with van der Waals surface area (Å²) >= 11 is 6.40. The highest BCUT2D eigenvalue weighted by atomic mass is 35.5. The second kappa shape index (κ2) is 6.04. The Hall–Kier alpha value is -1.58. The predicted molar refractivity (Wildman–Crippen MR) is 86.6 cm³/mol. The molecular weight excluding hydrogens is 284 g/mol. The molecule has 1 fully saturated rings. The molecule has 0 saturated heterocycles. The SMILES string of the molecule is Cc1ccc(-c2cc(CO)ncc2NCC2CC2)c(Cl)c1. The van der Waals surface area contributed by atoms with E-state index in [1.807, 2.05) is 31.2 Å². The van der Waals surface area contributed by atoms with Gasteiger partial charge in [-0.2, -0.15) is 0 Å². The molecule has 1 saturated carbocycles. The summed E-state index contributed by atoms with van der Waals surface area (Å²) < 4.78 is 0. The molecular formula is C17H19ClN2O. The highest BCUT2D eigenvalue weighted by molar-refractivity contribution is 6.33. The molecule has 0 spiro atoms. The van der Waals surface area contributed by atoms with E-state index in [1.54, 1.807) is 6.20 Å². The van der Waals surface area contributed by atoms with E-state index in [0.29, 0.717) is 5.69 Å². The minimum atomic E-state index is -0.0701. The molecule has 2 aromatic rings. The first-order valence-electron chi connectivity index (χ1n) is 7.27. The van der Waals surface area contributed by atoms with Crippen molar-refractivity contribution in [3.05, 3.63) is 46.7 Å². The van der Waals surface area contributed by atoms with Gasteiger partial charge in [-0.3, -0.25) is 4.98 Å². The lowest BCUT2D eigenvalue weighted by Crippen LogP contribution is -2.06. The maximum atomic E-state index is 9.33. The Morgan fingerprint density at radius 2 is 2.10 bits per heavy atom. The van der Waals surface area contributed by atoms with E-state index < -0.39 is 0 Å². The fourth-order valence-corrected chi connectivity index (χ4v) is 2.70. The van der Waals surface area contributed by atoms with Gasteiger partial charge < -0.3 is 10.4 Å². The number of aryl methyl sites for hydroxylation is 1. The van der Waals surface area contributed by atoms with Crippen LogP contribution in [0.2, 0.25) is 5.02 Å². The first kappa shape index (κ1) is 14.4. The van der Waals surface area contributed by atoms with Crippen LogP contribution < -0.4 is 5.32 Å². The van der Waals surface area contributed by atoms with Gasteiger partial charge in [0.05, 0.1) is 24.2 Å². The average molecular weight is 303 g/mol. The largest absolute Gasteiger partial charge is 0.390 e. The molecule has 4 heteroatoms. The van der Waals surface area contributed by atoms with E-state index in [9.17, 15) is 5.11 Å². The van der Waals surface area contributed by atoms with Gasteiger partial charge in [0.2, 0.25) is 0 Å². The van der Waals surface area contributed by atoms with Crippen LogP contribution in [0.3, 0.4) is 0 Å². The number of hydrogen-bond donors (Lipinski definition) is 2. The third-order valence-corrected chi connectivity index (χ3v) is 4.13. The predicted octanol–water partition coefficient (Wildman–Crippen LogP) is 4.02. The quantitative estimate of drug-likeness (QED) is 0.876. The number of nitrogens with one attached hydrogen (secondary N) is 1. The molecule has 1 heterocycles. The van der Waals surface area contributed by atoms with Crippen molar-refractivity contribution in [2.45, 2.75) is 26.4 Å². The molecule has 1 aliphatic rings. The Labute approximate surface area is 130 Å². The highest BCUT2D eigenvalue weighted by Crippen LogP contribution is 2.35. The molecule has 1 aliphatic carbocycles. The lowest BCUT2D eigenvalue weighted by Gasteiger charge is -2.14. The van der Waals surface area contributed by atoms with Crippen LogP contribution in [-0.2, 0) is 6.61 Å². The van der Waals surface area contributed by atoms with Crippen molar-refractivity contribution in [2.75, 3.05) is 11.9 Å². The minimum Gasteiger partial charge on any atom is -0.390 e. The molecule has 0 bridgehead atoms. The van der Waals surface area contributed by atoms with E-state index in [0.717, 1.165) is 39.9 Å². The van der Waals surface area contributed by atoms with Crippen LogP contribution in [-0.4, -0.2) is 16.6 Å². The molecule has 0 radical (unpaired) electrons. The summed E-state index contributed by atoms with van der Waals surface area (Å²) in [7, 11) is 0. The second-order valence-corrected chi connectivity index (χ2v) is 6.09. The molecule has 3 nitrogen and oxygen atoms in total. The molecule has 0 unspecified atom stereocenters. The second-order valence-electron chi connectivity index (χ2n) is 5.69. The summed E-state index contributed by atoms with van der Waals surface area (Å²) in [6.07, 6.45) is 4.39. The van der Waals surface area contributed by atoms with E-state index in [2.05, 4.69) is 10.3 Å². The van der Waals surface area contributed by atoms with Crippen molar-refractivity contribution in [3.63, 3.8) is 0 Å². The number of aliphatic hydroxyl groups excluding tert-OH is 1. The molecule has 0 aliphatic heterocycles. The number of hydrogen-bond acceptors (Lipinski definition) is 3. The van der Waals surface area contributed by atoms with Gasteiger partial charge in [0.1, 0.15) is 0 Å². The molecule has 3 rings (SSSR count). The molecule has 110 valence electrons. The van der Waals surface area contributed by atoms with Crippen molar-refractivity contribution in [1.82, 2.24) is 4.98 Å². The highest BCUT2D eigenvalue weighted by Gasteiger charge is 2.21. The maximum absolute atomic E-state index is 9.33. The van der Waals surface area contributed by atoms with Crippen molar-refractivity contribution >= 4 is 17.3 Å². The van der Waals surface area contributed by atoms with E-state index in [1.165, 1.54) is 12.8 Å². The topological polar surface area (TPSA) is 45.2 Å². The van der Waals surface area contributed by atoms with Gasteiger partial charge in [-0.1, -0.05) is 23.7 Å². The Kier molecular flexibility index (Phi) is 4.13. The lowest BCUT2D eigenvalue weighted by molar-refractivity contribution is 0.277.